The van der Waals surface area contributed by atoms with E-state index in [0.29, 0.717) is 13.1 Å². The Kier molecular flexibility index (Phi) is 8.10. The molecule has 4 amide bonds. The van der Waals surface area contributed by atoms with Crippen molar-refractivity contribution in [2.45, 2.75) is 13.8 Å². The molecule has 1 atom stereocenters. The number of carbonyl (C=O) groups excluding carboxylic acids is 2. The molecule has 3 N–H and O–H groups in total. The first-order valence-corrected chi connectivity index (χ1v) is 6.50. The molecule has 20 heavy (non-hydrogen) atoms. The van der Waals surface area contributed by atoms with Crippen molar-refractivity contribution in [1.29, 1.82) is 0 Å². The third-order valence-corrected chi connectivity index (χ3v) is 2.67. The third-order valence-electron chi connectivity index (χ3n) is 2.67. The number of carboxylic acid groups (broad SMARTS) is 1. The number of rotatable bonds is 7. The SMILES string of the molecule is CCN(CC(C)C(=O)O)C(=O)NCCNC(=O)N(C)C. The lowest BCUT2D eigenvalue weighted by Crippen LogP contribution is -2.46. The molecule has 0 spiro atoms. The average molecular weight is 288 g/mol. The maximum atomic E-state index is 11.8. The molecule has 0 saturated heterocycles. The number of aliphatic carboxylic acids is 1. The maximum Gasteiger partial charge on any atom is 0.317 e. The average Bonchev–Trinajstić information content (AvgIpc) is 2.39. The van der Waals surface area contributed by atoms with Crippen molar-refractivity contribution in [3.8, 4) is 0 Å². The van der Waals surface area contributed by atoms with Crippen LogP contribution in [0.25, 0.3) is 0 Å². The van der Waals surface area contributed by atoms with Crippen LogP contribution in [0.3, 0.4) is 0 Å². The third kappa shape index (κ3) is 6.81. The summed E-state index contributed by atoms with van der Waals surface area (Å²) in [4.78, 5) is 36.6. The molecule has 0 aromatic heterocycles. The lowest BCUT2D eigenvalue weighted by atomic mass is 10.2. The van der Waals surface area contributed by atoms with E-state index in [9.17, 15) is 14.4 Å². The summed E-state index contributed by atoms with van der Waals surface area (Å²) in [5, 5.41) is 14.1. The molecule has 8 heteroatoms. The molecule has 0 aliphatic carbocycles. The lowest BCUT2D eigenvalue weighted by molar-refractivity contribution is -0.141. The molecule has 0 radical (unpaired) electrons. The Morgan fingerprint density at radius 1 is 1.10 bits per heavy atom. The topological polar surface area (TPSA) is 102 Å². The van der Waals surface area contributed by atoms with Gasteiger partial charge in [0.15, 0.2) is 0 Å². The Hall–Kier alpha value is -1.99. The van der Waals surface area contributed by atoms with Gasteiger partial charge in [0, 0.05) is 40.3 Å². The van der Waals surface area contributed by atoms with Crippen LogP contribution in [0.5, 0.6) is 0 Å². The number of urea groups is 2. The second-order valence-corrected chi connectivity index (χ2v) is 4.64. The van der Waals surface area contributed by atoms with Gasteiger partial charge in [-0.2, -0.15) is 0 Å². The van der Waals surface area contributed by atoms with E-state index >= 15 is 0 Å². The van der Waals surface area contributed by atoms with Crippen molar-refractivity contribution in [3.63, 3.8) is 0 Å². The fourth-order valence-corrected chi connectivity index (χ4v) is 1.37. The number of carboxylic acids is 1. The maximum absolute atomic E-state index is 11.8. The summed E-state index contributed by atoms with van der Waals surface area (Å²) >= 11 is 0. The van der Waals surface area contributed by atoms with Crippen LogP contribution in [0.15, 0.2) is 0 Å². The second-order valence-electron chi connectivity index (χ2n) is 4.64. The molecule has 0 bridgehead atoms. The number of hydrogen-bond acceptors (Lipinski definition) is 3. The van der Waals surface area contributed by atoms with Crippen molar-refractivity contribution in [2.24, 2.45) is 5.92 Å². The van der Waals surface area contributed by atoms with Crippen molar-refractivity contribution in [3.05, 3.63) is 0 Å². The molecular weight excluding hydrogens is 264 g/mol. The summed E-state index contributed by atoms with van der Waals surface area (Å²) < 4.78 is 0. The molecule has 1 unspecified atom stereocenters. The van der Waals surface area contributed by atoms with Crippen molar-refractivity contribution < 1.29 is 19.5 Å². The van der Waals surface area contributed by atoms with Gasteiger partial charge in [-0.25, -0.2) is 9.59 Å². The largest absolute Gasteiger partial charge is 0.481 e. The Bertz CT molecular complexity index is 346. The van der Waals surface area contributed by atoms with E-state index in [1.54, 1.807) is 27.9 Å². The van der Waals surface area contributed by atoms with Gasteiger partial charge in [0.1, 0.15) is 0 Å². The van der Waals surface area contributed by atoms with Gasteiger partial charge >= 0.3 is 18.0 Å². The Balaban J connectivity index is 4.05. The standard InChI is InChI=1S/C12H24N4O4/c1-5-16(8-9(2)10(17)18)12(20)14-7-6-13-11(19)15(3)4/h9H,5-8H2,1-4H3,(H,13,19)(H,14,20)(H,17,18). The lowest BCUT2D eigenvalue weighted by Gasteiger charge is -2.23. The molecule has 0 rings (SSSR count). The summed E-state index contributed by atoms with van der Waals surface area (Å²) in [7, 11) is 3.25. The quantitative estimate of drug-likeness (QED) is 0.574. The fraction of sp³-hybridized carbons (Fsp3) is 0.750. The van der Waals surface area contributed by atoms with E-state index in [2.05, 4.69) is 10.6 Å². The minimum Gasteiger partial charge on any atom is -0.481 e. The summed E-state index contributed by atoms with van der Waals surface area (Å²) in [6, 6.07) is -0.564. The minimum atomic E-state index is -0.936. The van der Waals surface area contributed by atoms with E-state index < -0.39 is 11.9 Å². The van der Waals surface area contributed by atoms with Gasteiger partial charge in [-0.3, -0.25) is 4.79 Å². The normalized spacial score (nSPS) is 11.4. The predicted octanol–water partition coefficient (Wildman–Crippen LogP) is 0.00980. The van der Waals surface area contributed by atoms with Crippen LogP contribution < -0.4 is 10.6 Å². The number of carbonyl (C=O) groups is 3. The Labute approximate surface area is 119 Å². The molecule has 116 valence electrons. The molecule has 8 nitrogen and oxygen atoms in total. The summed E-state index contributed by atoms with van der Waals surface area (Å²) in [5.41, 5.74) is 0. The monoisotopic (exact) mass is 288 g/mol. The van der Waals surface area contributed by atoms with Gasteiger partial charge in [0.05, 0.1) is 5.92 Å². The number of nitrogens with one attached hydrogen (secondary N) is 2. The first-order chi connectivity index (χ1) is 9.29. The highest BCUT2D eigenvalue weighted by Crippen LogP contribution is 2.00. The fourth-order valence-electron chi connectivity index (χ4n) is 1.37. The number of amides is 4. The van der Waals surface area contributed by atoms with E-state index in [1.807, 2.05) is 0 Å². The van der Waals surface area contributed by atoms with Crippen LogP contribution in [-0.4, -0.2) is 73.2 Å². The van der Waals surface area contributed by atoms with Gasteiger partial charge in [0.2, 0.25) is 0 Å². The van der Waals surface area contributed by atoms with Gasteiger partial charge in [-0.1, -0.05) is 6.92 Å². The number of nitrogens with zero attached hydrogens (tertiary/aromatic N) is 2. The molecule has 0 saturated carbocycles. The molecule has 0 fully saturated rings. The molecular formula is C12H24N4O4. The van der Waals surface area contributed by atoms with E-state index in [1.165, 1.54) is 9.80 Å². The second kappa shape index (κ2) is 9.00. The Morgan fingerprint density at radius 2 is 1.60 bits per heavy atom. The van der Waals surface area contributed by atoms with Gasteiger partial charge in [0.25, 0.3) is 0 Å². The molecule has 0 heterocycles. The molecule has 0 aromatic carbocycles. The minimum absolute atomic E-state index is 0.154. The number of hydrogen-bond donors (Lipinski definition) is 3. The molecule has 0 aliphatic heterocycles. The van der Waals surface area contributed by atoms with Gasteiger partial charge < -0.3 is 25.5 Å². The highest BCUT2D eigenvalue weighted by molar-refractivity contribution is 5.76. The van der Waals surface area contributed by atoms with Crippen LogP contribution in [-0.2, 0) is 4.79 Å². The molecule has 0 aromatic rings. The Morgan fingerprint density at radius 3 is 2.00 bits per heavy atom. The zero-order valence-electron chi connectivity index (χ0n) is 12.5. The van der Waals surface area contributed by atoms with Crippen LogP contribution in [0.1, 0.15) is 13.8 Å². The smallest absolute Gasteiger partial charge is 0.317 e. The highest BCUT2D eigenvalue weighted by atomic mass is 16.4. The van der Waals surface area contributed by atoms with E-state index in [0.717, 1.165) is 0 Å². The zero-order chi connectivity index (χ0) is 15.7. The van der Waals surface area contributed by atoms with Gasteiger partial charge in [-0.05, 0) is 6.92 Å². The highest BCUT2D eigenvalue weighted by Gasteiger charge is 2.18. The van der Waals surface area contributed by atoms with Crippen LogP contribution in [0, 0.1) is 5.92 Å². The predicted molar refractivity (Wildman–Crippen MR) is 74.5 cm³/mol. The van der Waals surface area contributed by atoms with Crippen molar-refractivity contribution >= 4 is 18.0 Å². The molecule has 0 aliphatic rings. The van der Waals surface area contributed by atoms with Gasteiger partial charge in [-0.15, -0.1) is 0 Å². The van der Waals surface area contributed by atoms with E-state index in [-0.39, 0.29) is 25.2 Å². The van der Waals surface area contributed by atoms with Crippen LogP contribution in [0.4, 0.5) is 9.59 Å². The van der Waals surface area contributed by atoms with E-state index in [4.69, 9.17) is 5.11 Å². The first-order valence-electron chi connectivity index (χ1n) is 6.50. The summed E-state index contributed by atoms with van der Waals surface area (Å²) in [5.74, 6) is -1.55. The zero-order valence-corrected chi connectivity index (χ0v) is 12.5. The summed E-state index contributed by atoms with van der Waals surface area (Å²) in [6.07, 6.45) is 0. The first kappa shape index (κ1) is 18.0. The van der Waals surface area contributed by atoms with Crippen molar-refractivity contribution in [2.75, 3.05) is 40.3 Å². The van der Waals surface area contributed by atoms with Crippen LogP contribution >= 0.6 is 0 Å². The van der Waals surface area contributed by atoms with Crippen LogP contribution in [0.2, 0.25) is 0 Å². The van der Waals surface area contributed by atoms with Crippen molar-refractivity contribution in [1.82, 2.24) is 20.4 Å². The summed E-state index contributed by atoms with van der Waals surface area (Å²) in [6.45, 7) is 4.51.